The van der Waals surface area contributed by atoms with Crippen LogP contribution in [-0.4, -0.2) is 60.8 Å². The SMILES string of the molecule is CN=C(NCCCc1nc(C(C)C)no1)N1CCC(C(=O)OC)CC1.I. The summed E-state index contributed by atoms with van der Waals surface area (Å²) in [5.41, 5.74) is 0. The predicted octanol–water partition coefficient (Wildman–Crippen LogP) is 2.20. The summed E-state index contributed by atoms with van der Waals surface area (Å²) in [7, 11) is 3.23. The quantitative estimate of drug-likeness (QED) is 0.220. The van der Waals surface area contributed by atoms with Gasteiger partial charge >= 0.3 is 5.97 Å². The van der Waals surface area contributed by atoms with Gasteiger partial charge in [-0.2, -0.15) is 4.98 Å². The monoisotopic (exact) mass is 479 g/mol. The van der Waals surface area contributed by atoms with Gasteiger partial charge in [-0.25, -0.2) is 0 Å². The van der Waals surface area contributed by atoms with Crippen LogP contribution in [0, 0.1) is 5.92 Å². The Morgan fingerprint density at radius 3 is 2.65 bits per heavy atom. The number of hydrogen-bond acceptors (Lipinski definition) is 6. The molecule has 1 aromatic heterocycles. The molecule has 1 aromatic rings. The third-order valence-corrected chi connectivity index (χ3v) is 4.39. The summed E-state index contributed by atoms with van der Waals surface area (Å²) in [6.45, 7) is 6.48. The molecule has 0 amide bonds. The van der Waals surface area contributed by atoms with Gasteiger partial charge in [0.1, 0.15) is 0 Å². The third kappa shape index (κ3) is 6.40. The normalized spacial score (nSPS) is 15.7. The first-order valence-corrected chi connectivity index (χ1v) is 8.91. The van der Waals surface area contributed by atoms with Gasteiger partial charge in [0.2, 0.25) is 5.89 Å². The van der Waals surface area contributed by atoms with Crippen LogP contribution in [0.15, 0.2) is 9.52 Å². The Labute approximate surface area is 172 Å². The van der Waals surface area contributed by atoms with E-state index >= 15 is 0 Å². The number of nitrogens with one attached hydrogen (secondary N) is 1. The molecule has 0 bridgehead atoms. The minimum atomic E-state index is -0.108. The maximum absolute atomic E-state index is 11.6. The van der Waals surface area contributed by atoms with Gasteiger partial charge in [0.25, 0.3) is 0 Å². The highest BCUT2D eigenvalue weighted by Crippen LogP contribution is 2.18. The number of aliphatic imine (C=N–C) groups is 1. The lowest BCUT2D eigenvalue weighted by atomic mass is 9.97. The first-order valence-electron chi connectivity index (χ1n) is 8.91. The maximum atomic E-state index is 11.6. The van der Waals surface area contributed by atoms with E-state index in [1.165, 1.54) is 7.11 Å². The lowest BCUT2D eigenvalue weighted by molar-refractivity contribution is -0.146. The summed E-state index contributed by atoms with van der Waals surface area (Å²) < 4.78 is 10.1. The molecule has 1 N–H and O–H groups in total. The molecule has 9 heteroatoms. The van der Waals surface area contributed by atoms with Crippen molar-refractivity contribution in [1.82, 2.24) is 20.4 Å². The van der Waals surface area contributed by atoms with Gasteiger partial charge in [0, 0.05) is 39.0 Å². The Hall–Kier alpha value is -1.39. The summed E-state index contributed by atoms with van der Waals surface area (Å²) in [6.07, 6.45) is 3.23. The number of halogens is 1. The zero-order valence-corrected chi connectivity index (χ0v) is 18.4. The predicted molar refractivity (Wildman–Crippen MR) is 110 cm³/mol. The van der Waals surface area contributed by atoms with E-state index in [9.17, 15) is 4.79 Å². The second kappa shape index (κ2) is 11.3. The van der Waals surface area contributed by atoms with E-state index in [-0.39, 0.29) is 41.8 Å². The number of hydrogen-bond donors (Lipinski definition) is 1. The van der Waals surface area contributed by atoms with Crippen molar-refractivity contribution in [1.29, 1.82) is 0 Å². The molecule has 0 aliphatic carbocycles. The third-order valence-electron chi connectivity index (χ3n) is 4.39. The zero-order chi connectivity index (χ0) is 18.2. The number of carbonyl (C=O) groups is 1. The zero-order valence-electron chi connectivity index (χ0n) is 16.0. The molecule has 2 rings (SSSR count). The fraction of sp³-hybridized carbons (Fsp3) is 0.765. The lowest BCUT2D eigenvalue weighted by Gasteiger charge is -2.33. The van der Waals surface area contributed by atoms with Crippen LogP contribution in [-0.2, 0) is 16.0 Å². The molecule has 1 saturated heterocycles. The van der Waals surface area contributed by atoms with Crippen LogP contribution in [0.3, 0.4) is 0 Å². The van der Waals surface area contributed by atoms with E-state index in [4.69, 9.17) is 9.26 Å². The molecule has 1 aliphatic rings. The van der Waals surface area contributed by atoms with Crippen molar-refractivity contribution in [2.24, 2.45) is 10.9 Å². The number of carbonyl (C=O) groups excluding carboxylic acids is 1. The van der Waals surface area contributed by atoms with Gasteiger partial charge in [0.05, 0.1) is 13.0 Å². The van der Waals surface area contributed by atoms with E-state index in [0.29, 0.717) is 5.89 Å². The van der Waals surface area contributed by atoms with Crippen molar-refractivity contribution in [2.45, 2.75) is 45.4 Å². The molecule has 148 valence electrons. The molecule has 26 heavy (non-hydrogen) atoms. The van der Waals surface area contributed by atoms with E-state index in [2.05, 4.69) is 25.3 Å². The summed E-state index contributed by atoms with van der Waals surface area (Å²) >= 11 is 0. The van der Waals surface area contributed by atoms with Crippen LogP contribution in [0.5, 0.6) is 0 Å². The van der Waals surface area contributed by atoms with E-state index < -0.39 is 0 Å². The number of guanidine groups is 1. The van der Waals surface area contributed by atoms with Crippen LogP contribution in [0.1, 0.15) is 50.7 Å². The van der Waals surface area contributed by atoms with Crippen LogP contribution < -0.4 is 5.32 Å². The number of nitrogens with zero attached hydrogens (tertiary/aromatic N) is 4. The van der Waals surface area contributed by atoms with Crippen LogP contribution in [0.25, 0.3) is 0 Å². The lowest BCUT2D eigenvalue weighted by Crippen LogP contribution is -2.46. The van der Waals surface area contributed by atoms with Crippen LogP contribution in [0.4, 0.5) is 0 Å². The average molecular weight is 479 g/mol. The van der Waals surface area contributed by atoms with E-state index in [1.807, 2.05) is 13.8 Å². The van der Waals surface area contributed by atoms with Crippen LogP contribution >= 0.6 is 24.0 Å². The van der Waals surface area contributed by atoms with Crippen molar-refractivity contribution in [3.8, 4) is 0 Å². The number of ether oxygens (including phenoxy) is 1. The second-order valence-electron chi connectivity index (χ2n) is 6.56. The molecular weight excluding hydrogens is 449 g/mol. The molecule has 1 aliphatic heterocycles. The highest BCUT2D eigenvalue weighted by atomic mass is 127. The van der Waals surface area contributed by atoms with Crippen molar-refractivity contribution in [3.05, 3.63) is 11.7 Å². The summed E-state index contributed by atoms with van der Waals surface area (Å²) in [5, 5.41) is 7.34. The highest BCUT2D eigenvalue weighted by molar-refractivity contribution is 14.0. The standard InChI is InChI=1S/C17H29N5O3.HI/c1-12(2)15-20-14(25-21-15)6-5-9-19-17(18-3)22-10-7-13(8-11-22)16(23)24-4;/h12-13H,5-11H2,1-4H3,(H,18,19);1H. The topological polar surface area (TPSA) is 92.9 Å². The van der Waals surface area contributed by atoms with Gasteiger partial charge in [-0.1, -0.05) is 19.0 Å². The average Bonchev–Trinajstić information content (AvgIpc) is 3.10. The minimum absolute atomic E-state index is 0. The van der Waals surface area contributed by atoms with Crippen LogP contribution in [0.2, 0.25) is 0 Å². The molecule has 0 unspecified atom stereocenters. The smallest absolute Gasteiger partial charge is 0.308 e. The molecule has 0 atom stereocenters. The molecule has 0 aromatic carbocycles. The molecule has 0 radical (unpaired) electrons. The fourth-order valence-electron chi connectivity index (χ4n) is 2.87. The van der Waals surface area contributed by atoms with E-state index in [1.54, 1.807) is 7.05 Å². The summed E-state index contributed by atoms with van der Waals surface area (Å²) in [5.74, 6) is 2.49. The summed E-state index contributed by atoms with van der Waals surface area (Å²) in [6, 6.07) is 0. The number of piperidine rings is 1. The number of aromatic nitrogens is 2. The first-order chi connectivity index (χ1) is 12.0. The Bertz CT molecular complexity index is 583. The van der Waals surface area contributed by atoms with Crippen molar-refractivity contribution in [3.63, 3.8) is 0 Å². The number of rotatable bonds is 6. The second-order valence-corrected chi connectivity index (χ2v) is 6.56. The Morgan fingerprint density at radius 1 is 1.42 bits per heavy atom. The minimum Gasteiger partial charge on any atom is -0.469 e. The number of esters is 1. The Kier molecular flexibility index (Phi) is 9.89. The Morgan fingerprint density at radius 2 is 2.12 bits per heavy atom. The highest BCUT2D eigenvalue weighted by Gasteiger charge is 2.26. The Balaban J connectivity index is 0.00000338. The maximum Gasteiger partial charge on any atom is 0.308 e. The number of aryl methyl sites for hydroxylation is 1. The number of methoxy groups -OCH3 is 1. The van der Waals surface area contributed by atoms with Gasteiger partial charge < -0.3 is 19.5 Å². The molecule has 1 fully saturated rings. The largest absolute Gasteiger partial charge is 0.469 e. The molecular formula is C17H30IN5O3. The van der Waals surface area contributed by atoms with Gasteiger partial charge in [-0.05, 0) is 19.3 Å². The van der Waals surface area contributed by atoms with Gasteiger partial charge in [0.15, 0.2) is 11.8 Å². The first kappa shape index (κ1) is 22.7. The van der Waals surface area contributed by atoms with Gasteiger partial charge in [-0.15, -0.1) is 24.0 Å². The molecule has 0 spiro atoms. The van der Waals surface area contributed by atoms with Crippen molar-refractivity contribution in [2.75, 3.05) is 33.8 Å². The van der Waals surface area contributed by atoms with Crippen molar-refractivity contribution >= 4 is 35.9 Å². The number of likely N-dealkylation sites (tertiary alicyclic amines) is 1. The van der Waals surface area contributed by atoms with Gasteiger partial charge in [-0.3, -0.25) is 9.79 Å². The molecule has 0 saturated carbocycles. The molecule has 8 nitrogen and oxygen atoms in total. The summed E-state index contributed by atoms with van der Waals surface area (Å²) in [4.78, 5) is 22.5. The molecule has 2 heterocycles. The van der Waals surface area contributed by atoms with E-state index in [0.717, 1.165) is 57.1 Å². The fourth-order valence-corrected chi connectivity index (χ4v) is 2.87. The van der Waals surface area contributed by atoms with Crippen molar-refractivity contribution < 1.29 is 14.1 Å².